The number of para-hydroxylation sites is 1. The van der Waals surface area contributed by atoms with Crippen LogP contribution in [0.15, 0.2) is 78.9 Å². The molecule has 4 rings (SSSR count). The van der Waals surface area contributed by atoms with Crippen molar-refractivity contribution < 1.29 is 14.4 Å². The molecule has 1 aliphatic rings. The van der Waals surface area contributed by atoms with E-state index < -0.39 is 5.92 Å². The number of benzene rings is 3. The van der Waals surface area contributed by atoms with Gasteiger partial charge in [0.25, 0.3) is 5.91 Å². The molecule has 162 valence electrons. The molecule has 0 saturated carbocycles. The Balaban J connectivity index is 1.40. The third-order valence-corrected chi connectivity index (χ3v) is 5.54. The number of hydrogen-bond donors (Lipinski definition) is 2. The lowest BCUT2D eigenvalue weighted by Crippen LogP contribution is -2.32. The normalized spacial score (nSPS) is 15.5. The molecule has 1 saturated heterocycles. The van der Waals surface area contributed by atoms with E-state index in [-0.39, 0.29) is 30.7 Å². The summed E-state index contributed by atoms with van der Waals surface area (Å²) in [7, 11) is 0. The van der Waals surface area contributed by atoms with Gasteiger partial charge in [-0.25, -0.2) is 0 Å². The van der Waals surface area contributed by atoms with Crippen LogP contribution < -0.4 is 15.5 Å². The molecule has 0 unspecified atom stereocenters. The summed E-state index contributed by atoms with van der Waals surface area (Å²) in [6.45, 7) is 0.614. The number of rotatable bonds is 6. The van der Waals surface area contributed by atoms with Crippen LogP contribution in [0.5, 0.6) is 0 Å². The number of amides is 3. The molecule has 3 aromatic carbocycles. The summed E-state index contributed by atoms with van der Waals surface area (Å²) < 4.78 is 0. The Morgan fingerprint density at radius 1 is 0.969 bits per heavy atom. The Morgan fingerprint density at radius 3 is 2.53 bits per heavy atom. The van der Waals surface area contributed by atoms with Crippen molar-refractivity contribution in [3.63, 3.8) is 0 Å². The van der Waals surface area contributed by atoms with Gasteiger partial charge in [-0.05, 0) is 48.0 Å². The van der Waals surface area contributed by atoms with Crippen molar-refractivity contribution in [3.8, 4) is 0 Å². The van der Waals surface area contributed by atoms with Crippen LogP contribution in [0.4, 0.5) is 11.4 Å². The van der Waals surface area contributed by atoms with Crippen molar-refractivity contribution in [2.75, 3.05) is 16.8 Å². The maximum atomic E-state index is 12.6. The number of nitrogens with zero attached hydrogens (tertiary/aromatic N) is 1. The van der Waals surface area contributed by atoms with Gasteiger partial charge in [-0.15, -0.1) is 0 Å². The Kier molecular flexibility index (Phi) is 6.52. The van der Waals surface area contributed by atoms with E-state index in [2.05, 4.69) is 10.6 Å². The first-order valence-corrected chi connectivity index (χ1v) is 10.7. The predicted molar refractivity (Wildman–Crippen MR) is 125 cm³/mol. The van der Waals surface area contributed by atoms with Gasteiger partial charge in [0.2, 0.25) is 11.8 Å². The van der Waals surface area contributed by atoms with Crippen LogP contribution in [0, 0.1) is 5.92 Å². The Hall–Kier alpha value is -3.64. The van der Waals surface area contributed by atoms with Gasteiger partial charge < -0.3 is 15.5 Å². The molecule has 7 heteroatoms. The monoisotopic (exact) mass is 447 g/mol. The lowest BCUT2D eigenvalue weighted by Gasteiger charge is -2.18. The SMILES string of the molecule is O=C(Nc1ccccc1)c1cccc(N2C[C@H](C(=O)NCc3cccc(Cl)c3)CC2=O)c1. The summed E-state index contributed by atoms with van der Waals surface area (Å²) in [5.41, 5.74) is 2.62. The van der Waals surface area contributed by atoms with E-state index in [1.54, 1.807) is 53.4 Å². The molecule has 1 atom stereocenters. The van der Waals surface area contributed by atoms with Gasteiger partial charge in [0.1, 0.15) is 0 Å². The number of halogens is 1. The van der Waals surface area contributed by atoms with Crippen molar-refractivity contribution in [2.24, 2.45) is 5.92 Å². The molecule has 0 spiro atoms. The fourth-order valence-electron chi connectivity index (χ4n) is 3.65. The highest BCUT2D eigenvalue weighted by atomic mass is 35.5. The van der Waals surface area contributed by atoms with Crippen LogP contribution in [-0.2, 0) is 16.1 Å². The van der Waals surface area contributed by atoms with E-state index in [1.807, 2.05) is 30.3 Å². The summed E-state index contributed by atoms with van der Waals surface area (Å²) in [5.74, 6) is -1.05. The highest BCUT2D eigenvalue weighted by Gasteiger charge is 2.35. The summed E-state index contributed by atoms with van der Waals surface area (Å²) in [4.78, 5) is 39.4. The molecule has 2 N–H and O–H groups in total. The smallest absolute Gasteiger partial charge is 0.255 e. The van der Waals surface area contributed by atoms with Gasteiger partial charge >= 0.3 is 0 Å². The lowest BCUT2D eigenvalue weighted by atomic mass is 10.1. The quantitative estimate of drug-likeness (QED) is 0.592. The van der Waals surface area contributed by atoms with Crippen molar-refractivity contribution in [1.29, 1.82) is 0 Å². The van der Waals surface area contributed by atoms with E-state index in [4.69, 9.17) is 11.6 Å². The van der Waals surface area contributed by atoms with Gasteiger partial charge in [-0.1, -0.05) is 48.0 Å². The minimum atomic E-state index is -0.455. The fourth-order valence-corrected chi connectivity index (χ4v) is 3.87. The number of hydrogen-bond acceptors (Lipinski definition) is 3. The molecule has 0 aliphatic carbocycles. The summed E-state index contributed by atoms with van der Waals surface area (Å²) in [5, 5.41) is 6.32. The number of carbonyl (C=O) groups excluding carboxylic acids is 3. The van der Waals surface area contributed by atoms with Gasteiger partial charge in [-0.2, -0.15) is 0 Å². The zero-order chi connectivity index (χ0) is 22.5. The molecular weight excluding hydrogens is 426 g/mol. The van der Waals surface area contributed by atoms with Crippen LogP contribution in [-0.4, -0.2) is 24.3 Å². The minimum Gasteiger partial charge on any atom is -0.352 e. The lowest BCUT2D eigenvalue weighted by molar-refractivity contribution is -0.126. The molecule has 6 nitrogen and oxygen atoms in total. The molecule has 1 fully saturated rings. The zero-order valence-corrected chi connectivity index (χ0v) is 18.0. The molecule has 32 heavy (non-hydrogen) atoms. The van der Waals surface area contributed by atoms with Crippen molar-refractivity contribution in [2.45, 2.75) is 13.0 Å². The maximum absolute atomic E-state index is 12.6. The first-order valence-electron chi connectivity index (χ1n) is 10.3. The molecular formula is C25H22ClN3O3. The zero-order valence-electron chi connectivity index (χ0n) is 17.3. The van der Waals surface area contributed by atoms with Crippen molar-refractivity contribution in [1.82, 2.24) is 5.32 Å². The van der Waals surface area contributed by atoms with Crippen LogP contribution >= 0.6 is 11.6 Å². The van der Waals surface area contributed by atoms with E-state index in [1.165, 1.54) is 0 Å². The molecule has 0 bridgehead atoms. The van der Waals surface area contributed by atoms with E-state index in [0.29, 0.717) is 28.5 Å². The van der Waals surface area contributed by atoms with E-state index in [9.17, 15) is 14.4 Å². The van der Waals surface area contributed by atoms with Crippen LogP contribution in [0.1, 0.15) is 22.3 Å². The van der Waals surface area contributed by atoms with Crippen LogP contribution in [0.2, 0.25) is 5.02 Å². The standard InChI is InChI=1S/C25H22ClN3O3/c26-20-8-4-6-17(12-20)15-27-24(31)19-14-23(30)29(16-19)22-11-5-7-18(13-22)25(32)28-21-9-2-1-3-10-21/h1-13,19H,14-16H2,(H,27,31)(H,28,32)/t19-/m1/s1. The Bertz CT molecular complexity index is 1150. The Morgan fingerprint density at radius 2 is 1.75 bits per heavy atom. The molecule has 0 aromatic heterocycles. The number of nitrogens with one attached hydrogen (secondary N) is 2. The number of anilines is 2. The molecule has 1 aliphatic heterocycles. The third-order valence-electron chi connectivity index (χ3n) is 5.30. The van der Waals surface area contributed by atoms with Crippen LogP contribution in [0.3, 0.4) is 0 Å². The van der Waals surface area contributed by atoms with E-state index in [0.717, 1.165) is 5.56 Å². The third kappa shape index (κ3) is 5.15. The highest BCUT2D eigenvalue weighted by Crippen LogP contribution is 2.26. The summed E-state index contributed by atoms with van der Waals surface area (Å²) >= 11 is 5.98. The predicted octanol–water partition coefficient (Wildman–Crippen LogP) is 4.26. The van der Waals surface area contributed by atoms with Gasteiger partial charge in [0.15, 0.2) is 0 Å². The van der Waals surface area contributed by atoms with Gasteiger partial charge in [0, 0.05) is 41.5 Å². The first-order chi connectivity index (χ1) is 15.5. The first kappa shape index (κ1) is 21.6. The fraction of sp³-hybridized carbons (Fsp3) is 0.160. The molecule has 0 radical (unpaired) electrons. The number of carbonyl (C=O) groups is 3. The largest absolute Gasteiger partial charge is 0.352 e. The second-order valence-corrected chi connectivity index (χ2v) is 8.06. The van der Waals surface area contributed by atoms with Gasteiger partial charge in [-0.3, -0.25) is 14.4 Å². The topological polar surface area (TPSA) is 78.5 Å². The van der Waals surface area contributed by atoms with E-state index >= 15 is 0 Å². The van der Waals surface area contributed by atoms with Crippen LogP contribution in [0.25, 0.3) is 0 Å². The minimum absolute atomic E-state index is 0.127. The average Bonchev–Trinajstić information content (AvgIpc) is 3.20. The Labute approximate surface area is 191 Å². The molecule has 1 heterocycles. The van der Waals surface area contributed by atoms with Gasteiger partial charge in [0.05, 0.1) is 5.92 Å². The summed E-state index contributed by atoms with van der Waals surface area (Å²) in [6.07, 6.45) is 0.127. The second-order valence-electron chi connectivity index (χ2n) is 7.62. The highest BCUT2D eigenvalue weighted by molar-refractivity contribution is 6.30. The maximum Gasteiger partial charge on any atom is 0.255 e. The average molecular weight is 448 g/mol. The summed E-state index contributed by atoms with van der Waals surface area (Å²) in [6, 6.07) is 23.3. The van der Waals surface area contributed by atoms with Crippen molar-refractivity contribution in [3.05, 3.63) is 95.0 Å². The second kappa shape index (κ2) is 9.66. The molecule has 3 amide bonds. The molecule has 3 aromatic rings. The van der Waals surface area contributed by atoms with Crippen molar-refractivity contribution >= 4 is 40.7 Å².